The highest BCUT2D eigenvalue weighted by molar-refractivity contribution is 5.81. The first-order valence-corrected chi connectivity index (χ1v) is 12.2. The quantitative estimate of drug-likeness (QED) is 0.407. The zero-order valence-corrected chi connectivity index (χ0v) is 19.8. The van der Waals surface area contributed by atoms with Crippen molar-refractivity contribution in [2.24, 2.45) is 17.8 Å². The predicted octanol–water partition coefficient (Wildman–Crippen LogP) is 6.39. The largest absolute Gasteiger partial charge is 0.461 e. The van der Waals surface area contributed by atoms with Gasteiger partial charge in [0.15, 0.2) is 0 Å². The van der Waals surface area contributed by atoms with E-state index in [1.807, 2.05) is 36.4 Å². The highest BCUT2D eigenvalue weighted by Crippen LogP contribution is 2.36. The molecule has 0 amide bonds. The van der Waals surface area contributed by atoms with Crippen LogP contribution in [0, 0.1) is 17.8 Å². The molecule has 1 aliphatic rings. The minimum absolute atomic E-state index is 0.00983. The molecule has 3 aromatic rings. The van der Waals surface area contributed by atoms with Gasteiger partial charge in [0.1, 0.15) is 18.0 Å². The lowest BCUT2D eigenvalue weighted by molar-refractivity contribution is -0.160. The number of benzene rings is 2. The van der Waals surface area contributed by atoms with Gasteiger partial charge in [0.25, 0.3) is 0 Å². The van der Waals surface area contributed by atoms with E-state index in [1.165, 1.54) is 6.42 Å². The number of ether oxygens (including phenoxy) is 1. The van der Waals surface area contributed by atoms with E-state index < -0.39 is 6.04 Å². The summed E-state index contributed by atoms with van der Waals surface area (Å²) in [4.78, 5) is 18.7. The van der Waals surface area contributed by atoms with Crippen LogP contribution in [0.25, 0.3) is 11.0 Å². The molecule has 1 aromatic heterocycles. The Hall–Kier alpha value is -2.62. The van der Waals surface area contributed by atoms with Crippen LogP contribution in [0.15, 0.2) is 54.6 Å². The van der Waals surface area contributed by atoms with Gasteiger partial charge in [-0.1, -0.05) is 76.6 Å². The van der Waals surface area contributed by atoms with Gasteiger partial charge in [-0.2, -0.15) is 0 Å². The number of fused-ring (bicyclic) bond motifs is 1. The van der Waals surface area contributed by atoms with E-state index in [9.17, 15) is 4.79 Å². The molecule has 1 fully saturated rings. The van der Waals surface area contributed by atoms with Gasteiger partial charge in [-0.05, 0) is 48.3 Å². The normalized spacial score (nSPS) is 22.2. The standard InChI is InChI=1S/C28H36N2O2/c1-5-27-29-23-13-9-10-14-24(23)30(27)25(18-21-11-7-6-8-12-21)28(31)32-26-17-20(4)15-16-22(26)19(2)3/h6-14,19-20,22,25-26H,5,15-18H2,1-4H3/t20-,22?,25-,26-/m1/s1. The molecule has 4 rings (SSSR count). The first-order chi connectivity index (χ1) is 15.5. The molecular formula is C28H36N2O2. The lowest BCUT2D eigenvalue weighted by atomic mass is 9.75. The summed E-state index contributed by atoms with van der Waals surface area (Å²) >= 11 is 0. The number of hydrogen-bond acceptors (Lipinski definition) is 3. The Morgan fingerprint density at radius 3 is 2.53 bits per heavy atom. The fourth-order valence-corrected chi connectivity index (χ4v) is 5.29. The second-order valence-electron chi connectivity index (χ2n) is 9.75. The van der Waals surface area contributed by atoms with Gasteiger partial charge < -0.3 is 9.30 Å². The number of nitrogens with zero attached hydrogens (tertiary/aromatic N) is 2. The summed E-state index contributed by atoms with van der Waals surface area (Å²) in [6.07, 6.45) is 4.66. The van der Waals surface area contributed by atoms with Gasteiger partial charge in [-0.15, -0.1) is 0 Å². The third kappa shape index (κ3) is 4.74. The average Bonchev–Trinajstić information content (AvgIpc) is 3.16. The lowest BCUT2D eigenvalue weighted by Crippen LogP contribution is -2.38. The molecule has 0 saturated heterocycles. The van der Waals surface area contributed by atoms with E-state index in [0.717, 1.165) is 41.7 Å². The lowest BCUT2D eigenvalue weighted by Gasteiger charge is -2.37. The van der Waals surface area contributed by atoms with Crippen molar-refractivity contribution in [1.29, 1.82) is 0 Å². The Bertz CT molecular complexity index is 1040. The molecule has 1 heterocycles. The fourth-order valence-electron chi connectivity index (χ4n) is 5.29. The minimum atomic E-state index is -0.426. The predicted molar refractivity (Wildman–Crippen MR) is 130 cm³/mol. The zero-order chi connectivity index (χ0) is 22.7. The van der Waals surface area contributed by atoms with E-state index in [2.05, 4.69) is 50.5 Å². The van der Waals surface area contributed by atoms with Crippen LogP contribution in [0.4, 0.5) is 0 Å². The Labute approximate surface area is 192 Å². The van der Waals surface area contributed by atoms with Gasteiger partial charge in [-0.25, -0.2) is 9.78 Å². The number of imidazole rings is 1. The molecule has 170 valence electrons. The number of aromatic nitrogens is 2. The molecule has 0 spiro atoms. The van der Waals surface area contributed by atoms with Crippen LogP contribution in [0.5, 0.6) is 0 Å². The Kier molecular flexibility index (Phi) is 6.98. The van der Waals surface area contributed by atoms with E-state index in [1.54, 1.807) is 0 Å². The number of carbonyl (C=O) groups excluding carboxylic acids is 1. The number of aryl methyl sites for hydroxylation is 1. The summed E-state index contributed by atoms with van der Waals surface area (Å²) in [5, 5.41) is 0. The molecular weight excluding hydrogens is 396 g/mol. The van der Waals surface area contributed by atoms with Crippen molar-refractivity contribution >= 4 is 17.0 Å². The summed E-state index contributed by atoms with van der Waals surface area (Å²) in [5.41, 5.74) is 3.06. The van der Waals surface area contributed by atoms with Gasteiger partial charge >= 0.3 is 5.97 Å². The van der Waals surface area contributed by atoms with Crippen LogP contribution in [-0.2, 0) is 22.4 Å². The topological polar surface area (TPSA) is 44.1 Å². The van der Waals surface area contributed by atoms with Gasteiger partial charge in [0, 0.05) is 12.8 Å². The minimum Gasteiger partial charge on any atom is -0.461 e. The van der Waals surface area contributed by atoms with Crippen LogP contribution >= 0.6 is 0 Å². The summed E-state index contributed by atoms with van der Waals surface area (Å²) in [6, 6.07) is 17.9. The van der Waals surface area contributed by atoms with E-state index in [4.69, 9.17) is 9.72 Å². The third-order valence-corrected chi connectivity index (χ3v) is 7.07. The molecule has 1 unspecified atom stereocenters. The van der Waals surface area contributed by atoms with Crippen LogP contribution in [0.3, 0.4) is 0 Å². The van der Waals surface area contributed by atoms with Crippen molar-refractivity contribution in [2.45, 2.75) is 71.9 Å². The van der Waals surface area contributed by atoms with Crippen LogP contribution in [-0.4, -0.2) is 21.6 Å². The Morgan fingerprint density at radius 2 is 1.81 bits per heavy atom. The van der Waals surface area contributed by atoms with E-state index >= 15 is 0 Å². The number of para-hydroxylation sites is 2. The first kappa shape index (κ1) is 22.6. The maximum Gasteiger partial charge on any atom is 0.329 e. The molecule has 0 N–H and O–H groups in total. The number of carbonyl (C=O) groups is 1. The summed E-state index contributed by atoms with van der Waals surface area (Å²) < 4.78 is 8.48. The maximum atomic E-state index is 13.8. The fraction of sp³-hybridized carbons (Fsp3) is 0.500. The molecule has 0 radical (unpaired) electrons. The molecule has 2 aromatic carbocycles. The van der Waals surface area contributed by atoms with E-state index in [0.29, 0.717) is 24.2 Å². The van der Waals surface area contributed by atoms with Gasteiger partial charge in [0.05, 0.1) is 11.0 Å². The molecule has 1 saturated carbocycles. The second-order valence-corrected chi connectivity index (χ2v) is 9.75. The van der Waals surface area contributed by atoms with Crippen molar-refractivity contribution in [3.05, 3.63) is 66.0 Å². The van der Waals surface area contributed by atoms with Crippen LogP contribution in [0.2, 0.25) is 0 Å². The van der Waals surface area contributed by atoms with Crippen molar-refractivity contribution in [1.82, 2.24) is 9.55 Å². The average molecular weight is 433 g/mol. The van der Waals surface area contributed by atoms with Crippen LogP contribution in [0.1, 0.15) is 64.4 Å². The van der Waals surface area contributed by atoms with Crippen LogP contribution < -0.4 is 0 Å². The second kappa shape index (κ2) is 9.89. The van der Waals surface area contributed by atoms with Crippen molar-refractivity contribution in [3.63, 3.8) is 0 Å². The molecule has 4 atom stereocenters. The van der Waals surface area contributed by atoms with Crippen molar-refractivity contribution in [2.75, 3.05) is 0 Å². The third-order valence-electron chi connectivity index (χ3n) is 7.07. The summed E-state index contributed by atoms with van der Waals surface area (Å²) in [7, 11) is 0. The van der Waals surface area contributed by atoms with E-state index in [-0.39, 0.29) is 12.1 Å². The van der Waals surface area contributed by atoms with Crippen molar-refractivity contribution < 1.29 is 9.53 Å². The molecule has 0 aliphatic heterocycles. The number of esters is 1. The van der Waals surface area contributed by atoms with Crippen molar-refractivity contribution in [3.8, 4) is 0 Å². The summed E-state index contributed by atoms with van der Waals surface area (Å²) in [5.74, 6) is 2.33. The molecule has 4 nitrogen and oxygen atoms in total. The number of rotatable bonds is 7. The highest BCUT2D eigenvalue weighted by atomic mass is 16.5. The maximum absolute atomic E-state index is 13.8. The highest BCUT2D eigenvalue weighted by Gasteiger charge is 2.36. The zero-order valence-electron chi connectivity index (χ0n) is 19.8. The molecule has 1 aliphatic carbocycles. The SMILES string of the molecule is CCc1nc2ccccc2n1[C@H](Cc1ccccc1)C(=O)O[C@@H]1C[C@H](C)CCC1C(C)C. The van der Waals surface area contributed by atoms with Gasteiger partial charge in [0.2, 0.25) is 0 Å². The first-order valence-electron chi connectivity index (χ1n) is 12.2. The molecule has 0 bridgehead atoms. The molecule has 4 heteroatoms. The summed E-state index contributed by atoms with van der Waals surface area (Å²) in [6.45, 7) is 8.88. The molecule has 32 heavy (non-hydrogen) atoms. The Balaban J connectivity index is 1.71. The smallest absolute Gasteiger partial charge is 0.329 e. The van der Waals surface area contributed by atoms with Gasteiger partial charge in [-0.3, -0.25) is 0 Å². The monoisotopic (exact) mass is 432 g/mol. The Morgan fingerprint density at radius 1 is 1.09 bits per heavy atom. The number of hydrogen-bond donors (Lipinski definition) is 0.